The summed E-state index contributed by atoms with van der Waals surface area (Å²) in [5.74, 6) is 0.122. The van der Waals surface area contributed by atoms with Gasteiger partial charge in [-0.1, -0.05) is 0 Å². The minimum atomic E-state index is -0.553. The summed E-state index contributed by atoms with van der Waals surface area (Å²) in [6.07, 6.45) is -0.537. The number of aromatic hydroxyl groups is 1. The van der Waals surface area contributed by atoms with Crippen molar-refractivity contribution in [2.45, 2.75) is 33.0 Å². The molecule has 0 atom stereocenters. The second-order valence-electron chi connectivity index (χ2n) is 4.90. The van der Waals surface area contributed by atoms with Crippen LogP contribution in [0.15, 0.2) is 18.2 Å². The van der Waals surface area contributed by atoms with Crippen molar-refractivity contribution in [3.8, 4) is 5.75 Å². The van der Waals surface area contributed by atoms with Gasteiger partial charge in [0.15, 0.2) is 0 Å². The van der Waals surface area contributed by atoms with E-state index in [2.05, 4.69) is 5.32 Å². The Morgan fingerprint density at radius 3 is 2.61 bits per heavy atom. The molecule has 0 radical (unpaired) electrons. The smallest absolute Gasteiger partial charge is 0.412 e. The predicted molar refractivity (Wildman–Crippen MR) is 68.7 cm³/mol. The molecule has 0 aromatic heterocycles. The zero-order valence-corrected chi connectivity index (χ0v) is 11.1. The molecular weight excluding hydrogens is 234 g/mol. The molecule has 0 saturated heterocycles. The summed E-state index contributed by atoms with van der Waals surface area (Å²) < 4.78 is 10.2. The molecule has 0 bridgehead atoms. The Bertz CT molecular complexity index is 423. The Kier molecular flexibility index (Phi) is 4.55. The molecule has 1 aromatic rings. The monoisotopic (exact) mass is 253 g/mol. The third kappa shape index (κ3) is 4.63. The van der Waals surface area contributed by atoms with Gasteiger partial charge in [-0.3, -0.25) is 5.32 Å². The summed E-state index contributed by atoms with van der Waals surface area (Å²) in [6.45, 7) is 5.66. The molecule has 0 aliphatic heterocycles. The molecular formula is C13H19NO4. The van der Waals surface area contributed by atoms with E-state index >= 15 is 0 Å². The van der Waals surface area contributed by atoms with E-state index in [1.54, 1.807) is 33.9 Å². The van der Waals surface area contributed by atoms with Crippen molar-refractivity contribution in [2.24, 2.45) is 0 Å². The van der Waals surface area contributed by atoms with Crippen molar-refractivity contribution in [3.63, 3.8) is 0 Å². The van der Waals surface area contributed by atoms with Crippen LogP contribution in [-0.2, 0) is 16.1 Å². The van der Waals surface area contributed by atoms with Gasteiger partial charge in [0.25, 0.3) is 0 Å². The number of benzene rings is 1. The number of rotatable bonds is 3. The average molecular weight is 253 g/mol. The summed E-state index contributed by atoms with van der Waals surface area (Å²) in [5.41, 5.74) is 0.690. The normalized spacial score (nSPS) is 11.1. The summed E-state index contributed by atoms with van der Waals surface area (Å²) in [4.78, 5) is 11.6. The Morgan fingerprint density at radius 1 is 1.39 bits per heavy atom. The fraction of sp³-hybridized carbons (Fsp3) is 0.462. The van der Waals surface area contributed by atoms with E-state index in [0.717, 1.165) is 0 Å². The van der Waals surface area contributed by atoms with Crippen molar-refractivity contribution in [3.05, 3.63) is 23.8 Å². The van der Waals surface area contributed by atoms with Gasteiger partial charge in [0, 0.05) is 18.4 Å². The SMILES string of the molecule is COCc1cc(O)ccc1NC(=O)OC(C)(C)C. The van der Waals surface area contributed by atoms with Gasteiger partial charge in [-0.25, -0.2) is 4.79 Å². The first-order chi connectivity index (χ1) is 8.31. The van der Waals surface area contributed by atoms with Crippen LogP contribution >= 0.6 is 0 Å². The largest absolute Gasteiger partial charge is 0.508 e. The highest BCUT2D eigenvalue weighted by Crippen LogP contribution is 2.22. The zero-order valence-electron chi connectivity index (χ0n) is 11.1. The van der Waals surface area contributed by atoms with Gasteiger partial charge in [0.05, 0.1) is 6.61 Å². The lowest BCUT2D eigenvalue weighted by molar-refractivity contribution is 0.0635. The zero-order chi connectivity index (χ0) is 13.8. The lowest BCUT2D eigenvalue weighted by Gasteiger charge is -2.20. The van der Waals surface area contributed by atoms with Crippen molar-refractivity contribution in [1.82, 2.24) is 0 Å². The molecule has 1 aromatic carbocycles. The molecule has 2 N–H and O–H groups in total. The number of hydrogen-bond donors (Lipinski definition) is 2. The highest BCUT2D eigenvalue weighted by Gasteiger charge is 2.17. The number of methoxy groups -OCH3 is 1. The Morgan fingerprint density at radius 2 is 2.06 bits per heavy atom. The molecule has 18 heavy (non-hydrogen) atoms. The lowest BCUT2D eigenvalue weighted by atomic mass is 10.1. The summed E-state index contributed by atoms with van der Waals surface area (Å²) in [6, 6.07) is 4.63. The Balaban J connectivity index is 2.80. The minimum Gasteiger partial charge on any atom is -0.508 e. The fourth-order valence-corrected chi connectivity index (χ4v) is 1.39. The highest BCUT2D eigenvalue weighted by molar-refractivity contribution is 5.86. The number of carbonyl (C=O) groups is 1. The summed E-state index contributed by atoms with van der Waals surface area (Å²) in [7, 11) is 1.54. The molecule has 0 spiro atoms. The van der Waals surface area contributed by atoms with E-state index in [1.165, 1.54) is 12.1 Å². The molecule has 5 heteroatoms. The van der Waals surface area contributed by atoms with E-state index in [4.69, 9.17) is 9.47 Å². The molecule has 0 unspecified atom stereocenters. The maximum absolute atomic E-state index is 11.6. The van der Waals surface area contributed by atoms with Crippen LogP contribution in [0.1, 0.15) is 26.3 Å². The van der Waals surface area contributed by atoms with Gasteiger partial charge < -0.3 is 14.6 Å². The van der Waals surface area contributed by atoms with Crippen molar-refractivity contribution >= 4 is 11.8 Å². The van der Waals surface area contributed by atoms with Crippen LogP contribution in [0, 0.1) is 0 Å². The van der Waals surface area contributed by atoms with Crippen LogP contribution in [0.4, 0.5) is 10.5 Å². The number of hydrogen-bond acceptors (Lipinski definition) is 4. The van der Waals surface area contributed by atoms with E-state index in [0.29, 0.717) is 17.9 Å². The average Bonchev–Trinajstić information content (AvgIpc) is 2.20. The van der Waals surface area contributed by atoms with Gasteiger partial charge in [0.1, 0.15) is 11.4 Å². The maximum atomic E-state index is 11.6. The number of phenols is 1. The lowest BCUT2D eigenvalue weighted by Crippen LogP contribution is -2.27. The van der Waals surface area contributed by atoms with Crippen LogP contribution in [0.25, 0.3) is 0 Å². The number of amides is 1. The first kappa shape index (κ1) is 14.3. The van der Waals surface area contributed by atoms with E-state index in [9.17, 15) is 9.90 Å². The molecule has 5 nitrogen and oxygen atoms in total. The summed E-state index contributed by atoms with van der Waals surface area (Å²) in [5, 5.41) is 12.0. The molecule has 0 saturated carbocycles. The third-order valence-corrected chi connectivity index (χ3v) is 2.02. The van der Waals surface area contributed by atoms with Crippen LogP contribution < -0.4 is 5.32 Å². The number of carbonyl (C=O) groups excluding carboxylic acids is 1. The highest BCUT2D eigenvalue weighted by atomic mass is 16.6. The maximum Gasteiger partial charge on any atom is 0.412 e. The second kappa shape index (κ2) is 5.73. The van der Waals surface area contributed by atoms with Crippen molar-refractivity contribution in [2.75, 3.05) is 12.4 Å². The minimum absolute atomic E-state index is 0.122. The number of phenolic OH excluding ortho intramolecular Hbond substituents is 1. The second-order valence-corrected chi connectivity index (χ2v) is 4.90. The first-order valence-electron chi connectivity index (χ1n) is 5.62. The van der Waals surface area contributed by atoms with Gasteiger partial charge in [-0.2, -0.15) is 0 Å². The van der Waals surface area contributed by atoms with Crippen molar-refractivity contribution in [1.29, 1.82) is 0 Å². The number of ether oxygens (including phenoxy) is 2. The van der Waals surface area contributed by atoms with Crippen LogP contribution in [-0.4, -0.2) is 23.9 Å². The van der Waals surface area contributed by atoms with Gasteiger partial charge in [0.2, 0.25) is 0 Å². The molecule has 100 valence electrons. The number of nitrogens with one attached hydrogen (secondary N) is 1. The quantitative estimate of drug-likeness (QED) is 0.813. The Labute approximate surface area is 107 Å². The van der Waals surface area contributed by atoms with Crippen molar-refractivity contribution < 1.29 is 19.4 Å². The van der Waals surface area contributed by atoms with E-state index in [1.807, 2.05) is 0 Å². The van der Waals surface area contributed by atoms with Gasteiger partial charge in [-0.05, 0) is 39.0 Å². The Hall–Kier alpha value is -1.75. The molecule has 1 amide bonds. The standard InChI is InChI=1S/C13H19NO4/c1-13(2,3)18-12(16)14-11-6-5-10(15)7-9(11)8-17-4/h5-7,15H,8H2,1-4H3,(H,14,16). The van der Waals surface area contributed by atoms with E-state index < -0.39 is 11.7 Å². The van der Waals surface area contributed by atoms with Crippen LogP contribution in [0.3, 0.4) is 0 Å². The van der Waals surface area contributed by atoms with Crippen LogP contribution in [0.5, 0.6) is 5.75 Å². The number of anilines is 1. The third-order valence-electron chi connectivity index (χ3n) is 2.02. The van der Waals surface area contributed by atoms with E-state index in [-0.39, 0.29) is 5.75 Å². The van der Waals surface area contributed by atoms with Gasteiger partial charge >= 0.3 is 6.09 Å². The molecule has 0 aliphatic carbocycles. The first-order valence-corrected chi connectivity index (χ1v) is 5.62. The topological polar surface area (TPSA) is 67.8 Å². The molecule has 0 fully saturated rings. The predicted octanol–water partition coefficient (Wildman–Crippen LogP) is 2.89. The molecule has 0 heterocycles. The van der Waals surface area contributed by atoms with Crippen LogP contribution in [0.2, 0.25) is 0 Å². The fourth-order valence-electron chi connectivity index (χ4n) is 1.39. The molecule has 1 rings (SSSR count). The summed E-state index contributed by atoms with van der Waals surface area (Å²) >= 11 is 0. The molecule has 0 aliphatic rings. The van der Waals surface area contributed by atoms with Gasteiger partial charge in [-0.15, -0.1) is 0 Å².